The van der Waals surface area contributed by atoms with E-state index < -0.39 is 11.9 Å². The Morgan fingerprint density at radius 1 is 1.47 bits per heavy atom. The van der Waals surface area contributed by atoms with Crippen molar-refractivity contribution in [1.29, 1.82) is 0 Å². The summed E-state index contributed by atoms with van der Waals surface area (Å²) in [6, 6.07) is 0. The van der Waals surface area contributed by atoms with Gasteiger partial charge in [-0.2, -0.15) is 0 Å². The fourth-order valence-corrected chi connectivity index (χ4v) is 2.34. The number of piperidine rings is 1. The van der Waals surface area contributed by atoms with E-state index in [4.69, 9.17) is 9.84 Å². The third-order valence-electron chi connectivity index (χ3n) is 3.16. The molecule has 5 nitrogen and oxygen atoms in total. The Labute approximate surface area is 102 Å². The second-order valence-electron chi connectivity index (χ2n) is 4.98. The van der Waals surface area contributed by atoms with Gasteiger partial charge < -0.3 is 14.7 Å². The molecule has 0 spiro atoms. The van der Waals surface area contributed by atoms with Crippen LogP contribution in [0, 0.1) is 17.8 Å². The van der Waals surface area contributed by atoms with Crippen LogP contribution >= 0.6 is 0 Å². The summed E-state index contributed by atoms with van der Waals surface area (Å²) >= 11 is 0. The van der Waals surface area contributed by atoms with Gasteiger partial charge in [0.05, 0.1) is 18.4 Å². The molecular formula is C12H21NO4. The second kappa shape index (κ2) is 6.00. The molecule has 5 heteroatoms. The Morgan fingerprint density at radius 2 is 2.12 bits per heavy atom. The van der Waals surface area contributed by atoms with Gasteiger partial charge in [-0.1, -0.05) is 13.8 Å². The molecule has 0 radical (unpaired) electrons. The average Bonchev–Trinajstić information content (AvgIpc) is 2.27. The summed E-state index contributed by atoms with van der Waals surface area (Å²) in [6.07, 6.45) is 0.651. The van der Waals surface area contributed by atoms with Crippen LogP contribution in [0.4, 0.5) is 0 Å². The molecule has 0 saturated carbocycles. The SMILES string of the molecule is COCC(C)C(=O)N1CC(C)CC(C(=O)O)C1. The molecule has 0 aromatic heterocycles. The van der Waals surface area contributed by atoms with E-state index in [-0.39, 0.29) is 17.7 Å². The fraction of sp³-hybridized carbons (Fsp3) is 0.833. The number of rotatable bonds is 4. The highest BCUT2D eigenvalue weighted by Crippen LogP contribution is 2.23. The van der Waals surface area contributed by atoms with Crippen LogP contribution in [0.5, 0.6) is 0 Å². The van der Waals surface area contributed by atoms with E-state index in [1.54, 1.807) is 18.9 Å². The van der Waals surface area contributed by atoms with Crippen LogP contribution in [0.3, 0.4) is 0 Å². The molecule has 1 amide bonds. The van der Waals surface area contributed by atoms with Gasteiger partial charge in [-0.25, -0.2) is 0 Å². The van der Waals surface area contributed by atoms with Gasteiger partial charge in [0.15, 0.2) is 0 Å². The van der Waals surface area contributed by atoms with Gasteiger partial charge in [-0.05, 0) is 12.3 Å². The number of carboxylic acids is 1. The summed E-state index contributed by atoms with van der Waals surface area (Å²) in [7, 11) is 1.56. The van der Waals surface area contributed by atoms with Crippen molar-refractivity contribution in [2.75, 3.05) is 26.8 Å². The molecule has 1 aliphatic heterocycles. The lowest BCUT2D eigenvalue weighted by Crippen LogP contribution is -2.47. The van der Waals surface area contributed by atoms with E-state index >= 15 is 0 Å². The number of likely N-dealkylation sites (tertiary alicyclic amines) is 1. The minimum absolute atomic E-state index is 0.00958. The van der Waals surface area contributed by atoms with E-state index in [2.05, 4.69) is 0 Å². The molecule has 1 saturated heterocycles. The number of hydrogen-bond acceptors (Lipinski definition) is 3. The standard InChI is InChI=1S/C12H21NO4/c1-8-4-10(12(15)16)6-13(5-8)11(14)9(2)7-17-3/h8-10H,4-7H2,1-3H3,(H,15,16). The van der Waals surface area contributed by atoms with Crippen LogP contribution in [0.25, 0.3) is 0 Å². The van der Waals surface area contributed by atoms with Gasteiger partial charge >= 0.3 is 5.97 Å². The smallest absolute Gasteiger partial charge is 0.308 e. The maximum atomic E-state index is 12.1. The van der Waals surface area contributed by atoms with Gasteiger partial charge in [-0.15, -0.1) is 0 Å². The monoisotopic (exact) mass is 243 g/mol. The molecular weight excluding hydrogens is 222 g/mol. The Balaban J connectivity index is 2.63. The molecule has 3 atom stereocenters. The first kappa shape index (κ1) is 14.0. The predicted octanol–water partition coefficient (Wildman–Crippen LogP) is 0.838. The van der Waals surface area contributed by atoms with E-state index in [0.29, 0.717) is 26.1 Å². The number of ether oxygens (including phenoxy) is 1. The van der Waals surface area contributed by atoms with Crippen LogP contribution in [-0.4, -0.2) is 48.7 Å². The number of methoxy groups -OCH3 is 1. The number of carbonyl (C=O) groups is 2. The highest BCUT2D eigenvalue weighted by molar-refractivity contribution is 5.80. The first-order valence-corrected chi connectivity index (χ1v) is 5.96. The molecule has 1 aliphatic rings. The fourth-order valence-electron chi connectivity index (χ4n) is 2.34. The highest BCUT2D eigenvalue weighted by atomic mass is 16.5. The van der Waals surface area contributed by atoms with Crippen LogP contribution < -0.4 is 0 Å². The summed E-state index contributed by atoms with van der Waals surface area (Å²) in [5, 5.41) is 9.03. The van der Waals surface area contributed by atoms with E-state index in [0.717, 1.165) is 0 Å². The lowest BCUT2D eigenvalue weighted by molar-refractivity contribution is -0.148. The Morgan fingerprint density at radius 3 is 2.65 bits per heavy atom. The van der Waals surface area contributed by atoms with Crippen LogP contribution in [0.15, 0.2) is 0 Å². The van der Waals surface area contributed by atoms with Gasteiger partial charge in [0.25, 0.3) is 0 Å². The van der Waals surface area contributed by atoms with Crippen molar-refractivity contribution in [1.82, 2.24) is 4.90 Å². The van der Waals surface area contributed by atoms with Crippen molar-refractivity contribution in [3.05, 3.63) is 0 Å². The Kier molecular flexibility index (Phi) is 4.93. The number of hydrogen-bond donors (Lipinski definition) is 1. The maximum absolute atomic E-state index is 12.1. The minimum Gasteiger partial charge on any atom is -0.481 e. The second-order valence-corrected chi connectivity index (χ2v) is 4.98. The molecule has 17 heavy (non-hydrogen) atoms. The van der Waals surface area contributed by atoms with Crippen molar-refractivity contribution in [3.8, 4) is 0 Å². The molecule has 0 aromatic rings. The van der Waals surface area contributed by atoms with E-state index in [1.807, 2.05) is 6.92 Å². The van der Waals surface area contributed by atoms with Crippen molar-refractivity contribution < 1.29 is 19.4 Å². The first-order valence-electron chi connectivity index (χ1n) is 5.96. The summed E-state index contributed by atoms with van der Waals surface area (Å²) in [5.41, 5.74) is 0. The zero-order valence-corrected chi connectivity index (χ0v) is 10.7. The molecule has 0 bridgehead atoms. The average molecular weight is 243 g/mol. The third-order valence-corrected chi connectivity index (χ3v) is 3.16. The summed E-state index contributed by atoms with van der Waals surface area (Å²) in [6.45, 7) is 5.14. The highest BCUT2D eigenvalue weighted by Gasteiger charge is 2.33. The third kappa shape index (κ3) is 3.70. The molecule has 1 fully saturated rings. The molecule has 1 heterocycles. The topological polar surface area (TPSA) is 66.8 Å². The normalized spacial score (nSPS) is 26.6. The zero-order valence-electron chi connectivity index (χ0n) is 10.7. The molecule has 1 N–H and O–H groups in total. The predicted molar refractivity (Wildman–Crippen MR) is 62.5 cm³/mol. The summed E-state index contributed by atoms with van der Waals surface area (Å²) in [5.74, 6) is -1.22. The molecule has 0 aromatic carbocycles. The van der Waals surface area contributed by atoms with Crippen LogP contribution in [-0.2, 0) is 14.3 Å². The summed E-state index contributed by atoms with van der Waals surface area (Å²) < 4.78 is 4.95. The van der Waals surface area contributed by atoms with Crippen molar-refractivity contribution in [3.63, 3.8) is 0 Å². The van der Waals surface area contributed by atoms with Crippen LogP contribution in [0.2, 0.25) is 0 Å². The van der Waals surface area contributed by atoms with E-state index in [1.165, 1.54) is 0 Å². The van der Waals surface area contributed by atoms with Crippen LogP contribution in [0.1, 0.15) is 20.3 Å². The number of nitrogens with zero attached hydrogens (tertiary/aromatic N) is 1. The quantitative estimate of drug-likeness (QED) is 0.794. The number of amides is 1. The lowest BCUT2D eigenvalue weighted by Gasteiger charge is -2.36. The zero-order chi connectivity index (χ0) is 13.0. The molecule has 1 rings (SSSR count). The number of carbonyl (C=O) groups excluding carboxylic acids is 1. The maximum Gasteiger partial charge on any atom is 0.308 e. The lowest BCUT2D eigenvalue weighted by atomic mass is 9.90. The molecule has 3 unspecified atom stereocenters. The van der Waals surface area contributed by atoms with Gasteiger partial charge in [0.2, 0.25) is 5.91 Å². The molecule has 98 valence electrons. The van der Waals surface area contributed by atoms with Gasteiger partial charge in [0, 0.05) is 20.2 Å². The van der Waals surface area contributed by atoms with Gasteiger partial charge in [-0.3, -0.25) is 9.59 Å². The Bertz CT molecular complexity index is 292. The minimum atomic E-state index is -0.811. The van der Waals surface area contributed by atoms with Crippen molar-refractivity contribution in [2.24, 2.45) is 17.8 Å². The van der Waals surface area contributed by atoms with Crippen molar-refractivity contribution >= 4 is 11.9 Å². The first-order chi connectivity index (χ1) is 7.95. The Hall–Kier alpha value is -1.10. The summed E-state index contributed by atoms with van der Waals surface area (Å²) in [4.78, 5) is 24.7. The van der Waals surface area contributed by atoms with Crippen molar-refractivity contribution in [2.45, 2.75) is 20.3 Å². The van der Waals surface area contributed by atoms with E-state index in [9.17, 15) is 9.59 Å². The number of aliphatic carboxylic acids is 1. The molecule has 0 aliphatic carbocycles. The number of carboxylic acid groups (broad SMARTS) is 1. The van der Waals surface area contributed by atoms with Gasteiger partial charge in [0.1, 0.15) is 0 Å². The largest absolute Gasteiger partial charge is 0.481 e.